The molecule has 1 heterocycles. The Morgan fingerprint density at radius 3 is 2.52 bits per heavy atom. The summed E-state index contributed by atoms with van der Waals surface area (Å²) in [6.45, 7) is 9.44. The van der Waals surface area contributed by atoms with Gasteiger partial charge in [0.2, 0.25) is 0 Å². The van der Waals surface area contributed by atoms with Gasteiger partial charge in [-0.2, -0.15) is 0 Å². The van der Waals surface area contributed by atoms with E-state index in [1.807, 2.05) is 30.9 Å². The van der Waals surface area contributed by atoms with Crippen molar-refractivity contribution in [2.24, 2.45) is 5.92 Å². The second kappa shape index (κ2) is 9.42. The van der Waals surface area contributed by atoms with E-state index in [4.69, 9.17) is 0 Å². The summed E-state index contributed by atoms with van der Waals surface area (Å²) in [5.41, 5.74) is 1.10. The second-order valence-electron chi connectivity index (χ2n) is 6.84. The molecule has 1 aliphatic rings. The number of hydrogen-bond donors (Lipinski definition) is 3. The summed E-state index contributed by atoms with van der Waals surface area (Å²) in [5.74, 6) is 0.622. The zero-order valence-corrected chi connectivity index (χ0v) is 15.5. The number of benzene rings is 1. The van der Waals surface area contributed by atoms with Crippen molar-refractivity contribution in [3.63, 3.8) is 0 Å². The van der Waals surface area contributed by atoms with Gasteiger partial charge < -0.3 is 20.9 Å². The first kappa shape index (κ1) is 19.2. The lowest BCUT2D eigenvalue weighted by Gasteiger charge is -2.32. The number of amides is 3. The molecule has 3 N–H and O–H groups in total. The van der Waals surface area contributed by atoms with Crippen LogP contribution in [0.25, 0.3) is 0 Å². The molecule has 25 heavy (non-hydrogen) atoms. The van der Waals surface area contributed by atoms with Crippen LogP contribution in [0.15, 0.2) is 24.3 Å². The molecule has 0 bridgehead atoms. The van der Waals surface area contributed by atoms with Crippen LogP contribution in [-0.2, 0) is 0 Å². The Morgan fingerprint density at radius 2 is 1.88 bits per heavy atom. The monoisotopic (exact) mass is 346 g/mol. The first-order chi connectivity index (χ1) is 12.0. The van der Waals surface area contributed by atoms with Crippen LogP contribution in [0, 0.1) is 5.92 Å². The van der Waals surface area contributed by atoms with Crippen LogP contribution in [0.2, 0.25) is 0 Å². The molecule has 6 nitrogen and oxygen atoms in total. The zero-order valence-electron chi connectivity index (χ0n) is 15.5. The first-order valence-corrected chi connectivity index (χ1v) is 9.17. The number of anilines is 1. The van der Waals surface area contributed by atoms with Crippen LogP contribution in [0.3, 0.4) is 0 Å². The topological polar surface area (TPSA) is 73.5 Å². The number of rotatable bonds is 6. The number of para-hydroxylation sites is 1. The van der Waals surface area contributed by atoms with E-state index in [1.54, 1.807) is 12.1 Å². The van der Waals surface area contributed by atoms with Gasteiger partial charge in [-0.05, 0) is 57.8 Å². The average molecular weight is 346 g/mol. The molecule has 1 fully saturated rings. The average Bonchev–Trinajstić information content (AvgIpc) is 2.59. The molecule has 0 saturated carbocycles. The molecule has 138 valence electrons. The second-order valence-corrected chi connectivity index (χ2v) is 6.84. The van der Waals surface area contributed by atoms with Gasteiger partial charge in [-0.3, -0.25) is 4.79 Å². The predicted molar refractivity (Wildman–Crippen MR) is 101 cm³/mol. The molecule has 0 atom stereocenters. The van der Waals surface area contributed by atoms with Gasteiger partial charge in [0.05, 0.1) is 11.3 Å². The van der Waals surface area contributed by atoms with Crippen LogP contribution >= 0.6 is 0 Å². The Balaban J connectivity index is 1.99. The maximum absolute atomic E-state index is 12.9. The third-order valence-electron chi connectivity index (χ3n) is 4.41. The Kier molecular flexibility index (Phi) is 7.25. The highest BCUT2D eigenvalue weighted by molar-refractivity contribution is 6.03. The highest BCUT2D eigenvalue weighted by atomic mass is 16.2. The molecule has 6 heteroatoms. The number of nitrogens with zero attached hydrogens (tertiary/aromatic N) is 1. The lowest BCUT2D eigenvalue weighted by molar-refractivity contribution is 0.0691. The van der Waals surface area contributed by atoms with Gasteiger partial charge in [0.1, 0.15) is 0 Å². The summed E-state index contributed by atoms with van der Waals surface area (Å²) < 4.78 is 0. The lowest BCUT2D eigenvalue weighted by Crippen LogP contribution is -2.41. The lowest BCUT2D eigenvalue weighted by atomic mass is 9.96. The number of hydrogen-bond acceptors (Lipinski definition) is 3. The summed E-state index contributed by atoms with van der Waals surface area (Å²) in [7, 11) is 0. The van der Waals surface area contributed by atoms with Gasteiger partial charge >= 0.3 is 6.03 Å². The summed E-state index contributed by atoms with van der Waals surface area (Å²) in [4.78, 5) is 26.7. The van der Waals surface area contributed by atoms with E-state index in [1.165, 1.54) is 0 Å². The molecule has 0 unspecified atom stereocenters. The maximum atomic E-state index is 12.9. The van der Waals surface area contributed by atoms with Crippen LogP contribution in [0.1, 0.15) is 44.0 Å². The fourth-order valence-electron chi connectivity index (χ4n) is 3.06. The van der Waals surface area contributed by atoms with Crippen molar-refractivity contribution in [2.45, 2.75) is 39.7 Å². The van der Waals surface area contributed by atoms with Crippen molar-refractivity contribution in [1.29, 1.82) is 0 Å². The van der Waals surface area contributed by atoms with E-state index in [2.05, 4.69) is 22.9 Å². The largest absolute Gasteiger partial charge is 0.339 e. The summed E-state index contributed by atoms with van der Waals surface area (Å²) >= 11 is 0. The Bertz CT molecular complexity index is 581. The molecule has 1 saturated heterocycles. The third-order valence-corrected chi connectivity index (χ3v) is 4.41. The van der Waals surface area contributed by atoms with Crippen LogP contribution in [-0.4, -0.2) is 49.1 Å². The molecule has 1 aliphatic heterocycles. The van der Waals surface area contributed by atoms with Gasteiger partial charge in [0.15, 0.2) is 0 Å². The minimum Gasteiger partial charge on any atom is -0.339 e. The minimum absolute atomic E-state index is 0.0117. The quantitative estimate of drug-likeness (QED) is 0.741. The zero-order chi connectivity index (χ0) is 18.2. The number of carbonyl (C=O) groups excluding carboxylic acids is 2. The van der Waals surface area contributed by atoms with Crippen molar-refractivity contribution < 1.29 is 9.59 Å². The van der Waals surface area contributed by atoms with Crippen LogP contribution < -0.4 is 16.0 Å². The fraction of sp³-hybridized carbons (Fsp3) is 0.579. The van der Waals surface area contributed by atoms with E-state index < -0.39 is 0 Å². The van der Waals surface area contributed by atoms with Gasteiger partial charge in [-0.15, -0.1) is 0 Å². The molecule has 0 radical (unpaired) electrons. The maximum Gasteiger partial charge on any atom is 0.319 e. The Labute approximate surface area is 150 Å². The number of nitrogens with one attached hydrogen (secondary N) is 3. The van der Waals surface area contributed by atoms with Gasteiger partial charge in [0, 0.05) is 19.1 Å². The standard InChI is InChI=1S/C19H30N4O2/c1-4-20-13-15-9-11-23(12-10-15)18(24)16-7-5-6-8-17(16)22-19(25)21-14(2)3/h5-8,14-15,20H,4,9-13H2,1-3H3,(H2,21,22,25). The molecular formula is C19H30N4O2. The summed E-state index contributed by atoms with van der Waals surface area (Å²) in [6, 6.07) is 6.95. The van der Waals surface area contributed by atoms with Gasteiger partial charge in [-0.25, -0.2) is 4.79 Å². The van der Waals surface area contributed by atoms with Crippen LogP contribution in [0.5, 0.6) is 0 Å². The molecule has 0 spiro atoms. The van der Waals surface area contributed by atoms with E-state index in [0.717, 1.165) is 39.0 Å². The third kappa shape index (κ3) is 5.74. The van der Waals surface area contributed by atoms with Crippen molar-refractivity contribution in [3.05, 3.63) is 29.8 Å². The summed E-state index contributed by atoms with van der Waals surface area (Å²) in [6.07, 6.45) is 2.03. The van der Waals surface area contributed by atoms with Crippen molar-refractivity contribution >= 4 is 17.6 Å². The normalized spacial score (nSPS) is 15.3. The number of likely N-dealkylation sites (tertiary alicyclic amines) is 1. The Morgan fingerprint density at radius 1 is 1.20 bits per heavy atom. The van der Waals surface area contributed by atoms with E-state index in [-0.39, 0.29) is 18.0 Å². The number of piperidine rings is 1. The fourth-order valence-corrected chi connectivity index (χ4v) is 3.06. The molecule has 0 aromatic heterocycles. The van der Waals surface area contributed by atoms with E-state index in [0.29, 0.717) is 17.2 Å². The molecule has 1 aromatic rings. The van der Waals surface area contributed by atoms with E-state index >= 15 is 0 Å². The molecule has 0 aliphatic carbocycles. The highest BCUT2D eigenvalue weighted by Crippen LogP contribution is 2.22. The highest BCUT2D eigenvalue weighted by Gasteiger charge is 2.25. The number of urea groups is 1. The molecule has 3 amide bonds. The van der Waals surface area contributed by atoms with Crippen molar-refractivity contribution in [1.82, 2.24) is 15.5 Å². The SMILES string of the molecule is CCNCC1CCN(C(=O)c2ccccc2NC(=O)NC(C)C)CC1. The molecule has 2 rings (SSSR count). The van der Waals surface area contributed by atoms with Gasteiger partial charge in [0.25, 0.3) is 5.91 Å². The minimum atomic E-state index is -0.292. The smallest absolute Gasteiger partial charge is 0.319 e. The number of carbonyl (C=O) groups is 2. The van der Waals surface area contributed by atoms with Crippen molar-refractivity contribution in [2.75, 3.05) is 31.5 Å². The van der Waals surface area contributed by atoms with Crippen LogP contribution in [0.4, 0.5) is 10.5 Å². The predicted octanol–water partition coefficient (Wildman–Crippen LogP) is 2.68. The van der Waals surface area contributed by atoms with Gasteiger partial charge in [-0.1, -0.05) is 19.1 Å². The Hall–Kier alpha value is -2.08. The molecule has 1 aromatic carbocycles. The van der Waals surface area contributed by atoms with Crippen molar-refractivity contribution in [3.8, 4) is 0 Å². The summed E-state index contributed by atoms with van der Waals surface area (Å²) in [5, 5.41) is 8.95. The van der Waals surface area contributed by atoms with E-state index in [9.17, 15) is 9.59 Å². The first-order valence-electron chi connectivity index (χ1n) is 9.17. The molecular weight excluding hydrogens is 316 g/mol.